The summed E-state index contributed by atoms with van der Waals surface area (Å²) in [6.45, 7) is 4.24. The van der Waals surface area contributed by atoms with Gasteiger partial charge in [0.05, 0.1) is 16.8 Å². The summed E-state index contributed by atoms with van der Waals surface area (Å²) in [6.07, 6.45) is 1.29. The number of rotatable bonds is 9. The molecule has 0 aliphatic carbocycles. The van der Waals surface area contributed by atoms with Crippen molar-refractivity contribution in [1.29, 1.82) is 0 Å². The Labute approximate surface area is 186 Å². The van der Waals surface area contributed by atoms with E-state index in [1.165, 1.54) is 43.5 Å². The molecule has 0 fully saturated rings. The van der Waals surface area contributed by atoms with E-state index in [1.54, 1.807) is 4.90 Å². The van der Waals surface area contributed by atoms with Crippen LogP contribution < -0.4 is 9.62 Å². The maximum Gasteiger partial charge on any atom is 0.339 e. The fourth-order valence-corrected chi connectivity index (χ4v) is 4.18. The number of sulfonamides is 1. The third-order valence-electron chi connectivity index (χ3n) is 4.82. The van der Waals surface area contributed by atoms with E-state index in [4.69, 9.17) is 0 Å². The standard InChI is InChI=1S/C23H23N3O5S/c1-3-26(15-17-7-5-4-6-8-17)22-21(23(28)29)13-19(14-24-22)25-32(30,31)20-11-9-18(10-12-20)16(2)27/h4-14,25H,3,15H2,1-2H3,(H,28,29). The van der Waals surface area contributed by atoms with Gasteiger partial charge in [-0.1, -0.05) is 42.5 Å². The Hall–Kier alpha value is -3.72. The Morgan fingerprint density at radius 2 is 1.72 bits per heavy atom. The van der Waals surface area contributed by atoms with E-state index in [1.807, 2.05) is 37.3 Å². The van der Waals surface area contributed by atoms with E-state index < -0.39 is 16.0 Å². The van der Waals surface area contributed by atoms with Crippen LogP contribution in [0.25, 0.3) is 0 Å². The summed E-state index contributed by atoms with van der Waals surface area (Å²) in [6, 6.07) is 16.3. The third-order valence-corrected chi connectivity index (χ3v) is 6.22. The molecule has 1 aromatic heterocycles. The topological polar surface area (TPSA) is 117 Å². The van der Waals surface area contributed by atoms with Gasteiger partial charge in [0.15, 0.2) is 5.78 Å². The number of carbonyl (C=O) groups excluding carboxylic acids is 1. The predicted octanol–water partition coefficient (Wildman–Crippen LogP) is 3.81. The van der Waals surface area contributed by atoms with Gasteiger partial charge in [0, 0.05) is 18.7 Å². The summed E-state index contributed by atoms with van der Waals surface area (Å²) < 4.78 is 27.8. The fraction of sp³-hybridized carbons (Fsp3) is 0.174. The molecule has 2 N–H and O–H groups in total. The smallest absolute Gasteiger partial charge is 0.339 e. The number of ketones is 1. The number of anilines is 2. The molecule has 0 atom stereocenters. The highest BCUT2D eigenvalue weighted by molar-refractivity contribution is 7.92. The van der Waals surface area contributed by atoms with Crippen LogP contribution in [0.3, 0.4) is 0 Å². The molecule has 0 amide bonds. The van der Waals surface area contributed by atoms with E-state index in [2.05, 4.69) is 9.71 Å². The highest BCUT2D eigenvalue weighted by Crippen LogP contribution is 2.25. The van der Waals surface area contributed by atoms with Crippen molar-refractivity contribution >= 4 is 33.3 Å². The molecular weight excluding hydrogens is 430 g/mol. The maximum absolute atomic E-state index is 12.7. The minimum atomic E-state index is -3.99. The van der Waals surface area contributed by atoms with Crippen LogP contribution in [-0.2, 0) is 16.6 Å². The van der Waals surface area contributed by atoms with Gasteiger partial charge in [-0.15, -0.1) is 0 Å². The van der Waals surface area contributed by atoms with Gasteiger partial charge in [0.1, 0.15) is 11.4 Å². The number of pyridine rings is 1. The normalized spacial score (nSPS) is 11.1. The number of benzene rings is 2. The zero-order chi connectivity index (χ0) is 23.3. The van der Waals surface area contributed by atoms with Gasteiger partial charge >= 0.3 is 5.97 Å². The maximum atomic E-state index is 12.7. The average molecular weight is 454 g/mol. The number of carbonyl (C=O) groups is 2. The summed E-state index contributed by atoms with van der Waals surface area (Å²) in [5.41, 5.74) is 1.29. The highest BCUT2D eigenvalue weighted by atomic mass is 32.2. The molecule has 3 rings (SSSR count). The first-order chi connectivity index (χ1) is 15.2. The number of hydrogen-bond acceptors (Lipinski definition) is 6. The Morgan fingerprint density at radius 3 is 2.28 bits per heavy atom. The lowest BCUT2D eigenvalue weighted by atomic mass is 10.2. The second-order valence-electron chi connectivity index (χ2n) is 7.09. The van der Waals surface area contributed by atoms with Crippen LogP contribution in [0.2, 0.25) is 0 Å². The molecular formula is C23H23N3O5S. The zero-order valence-electron chi connectivity index (χ0n) is 17.6. The third kappa shape index (κ3) is 5.30. The summed E-state index contributed by atoms with van der Waals surface area (Å²) in [4.78, 5) is 29.3. The predicted molar refractivity (Wildman–Crippen MR) is 122 cm³/mol. The van der Waals surface area contributed by atoms with Crippen molar-refractivity contribution in [3.63, 3.8) is 0 Å². The second-order valence-corrected chi connectivity index (χ2v) is 8.77. The van der Waals surface area contributed by atoms with Crippen molar-refractivity contribution in [2.24, 2.45) is 0 Å². The SMILES string of the molecule is CCN(Cc1ccccc1)c1ncc(NS(=O)(=O)c2ccc(C(C)=O)cc2)cc1C(=O)O. The second kappa shape index (κ2) is 9.61. The molecule has 9 heteroatoms. The van der Waals surface area contributed by atoms with E-state index in [0.717, 1.165) is 5.56 Å². The molecule has 0 spiro atoms. The van der Waals surface area contributed by atoms with Gasteiger partial charge in [-0.3, -0.25) is 9.52 Å². The number of aromatic nitrogens is 1. The van der Waals surface area contributed by atoms with Crippen LogP contribution in [0.1, 0.15) is 40.1 Å². The Bertz CT molecular complexity index is 1230. The molecule has 3 aromatic rings. The molecule has 0 saturated carbocycles. The van der Waals surface area contributed by atoms with Crippen molar-refractivity contribution in [2.45, 2.75) is 25.3 Å². The largest absolute Gasteiger partial charge is 0.478 e. The molecule has 0 radical (unpaired) electrons. The molecule has 0 unspecified atom stereocenters. The summed E-state index contributed by atoms with van der Waals surface area (Å²) in [5.74, 6) is -1.15. The fourth-order valence-electron chi connectivity index (χ4n) is 3.15. The summed E-state index contributed by atoms with van der Waals surface area (Å²) in [5, 5.41) is 9.72. The number of aromatic carboxylic acids is 1. The lowest BCUT2D eigenvalue weighted by Gasteiger charge is -2.24. The lowest BCUT2D eigenvalue weighted by Crippen LogP contribution is -2.25. The monoisotopic (exact) mass is 453 g/mol. The van der Waals surface area contributed by atoms with E-state index >= 15 is 0 Å². The van der Waals surface area contributed by atoms with E-state index in [0.29, 0.717) is 18.7 Å². The van der Waals surface area contributed by atoms with Crippen LogP contribution in [-0.4, -0.2) is 36.8 Å². The number of carboxylic acids is 1. The van der Waals surface area contributed by atoms with Crippen LogP contribution >= 0.6 is 0 Å². The van der Waals surface area contributed by atoms with Crippen LogP contribution in [0, 0.1) is 0 Å². The molecule has 2 aromatic carbocycles. The molecule has 32 heavy (non-hydrogen) atoms. The first-order valence-electron chi connectivity index (χ1n) is 9.87. The first kappa shape index (κ1) is 23.0. The minimum absolute atomic E-state index is 0.0255. The van der Waals surface area contributed by atoms with Crippen molar-refractivity contribution in [1.82, 2.24) is 4.98 Å². The van der Waals surface area contributed by atoms with Crippen LogP contribution in [0.15, 0.2) is 71.8 Å². The number of Topliss-reactive ketones (excluding diaryl/α,β-unsaturated/α-hetero) is 1. The molecule has 0 aliphatic rings. The molecule has 8 nitrogen and oxygen atoms in total. The average Bonchev–Trinajstić information content (AvgIpc) is 2.78. The van der Waals surface area contributed by atoms with E-state index in [9.17, 15) is 23.1 Å². The van der Waals surface area contributed by atoms with Crippen LogP contribution in [0.4, 0.5) is 11.5 Å². The molecule has 0 aliphatic heterocycles. The van der Waals surface area contributed by atoms with Gasteiger partial charge in [-0.05, 0) is 37.6 Å². The Kier molecular flexibility index (Phi) is 6.89. The number of nitrogens with zero attached hydrogens (tertiary/aromatic N) is 2. The van der Waals surface area contributed by atoms with E-state index in [-0.39, 0.29) is 27.7 Å². The van der Waals surface area contributed by atoms with Crippen molar-refractivity contribution in [2.75, 3.05) is 16.2 Å². The van der Waals surface area contributed by atoms with Crippen molar-refractivity contribution in [3.8, 4) is 0 Å². The van der Waals surface area contributed by atoms with Gasteiger partial charge in [0.2, 0.25) is 0 Å². The molecule has 0 saturated heterocycles. The molecule has 1 heterocycles. The highest BCUT2D eigenvalue weighted by Gasteiger charge is 2.21. The minimum Gasteiger partial charge on any atom is -0.478 e. The number of hydrogen-bond donors (Lipinski definition) is 2. The quantitative estimate of drug-likeness (QED) is 0.473. The summed E-state index contributed by atoms with van der Waals surface area (Å²) >= 11 is 0. The van der Waals surface area contributed by atoms with Crippen molar-refractivity contribution in [3.05, 3.63) is 83.6 Å². The Balaban J connectivity index is 1.89. The zero-order valence-corrected chi connectivity index (χ0v) is 18.5. The number of carboxylic acid groups (broad SMARTS) is 1. The Morgan fingerprint density at radius 1 is 1.06 bits per heavy atom. The van der Waals surface area contributed by atoms with Gasteiger partial charge < -0.3 is 10.0 Å². The number of nitrogens with one attached hydrogen (secondary N) is 1. The molecule has 0 bridgehead atoms. The molecule has 166 valence electrons. The van der Waals surface area contributed by atoms with Gasteiger partial charge in [-0.25, -0.2) is 18.2 Å². The van der Waals surface area contributed by atoms with Crippen molar-refractivity contribution < 1.29 is 23.1 Å². The summed E-state index contributed by atoms with van der Waals surface area (Å²) in [7, 11) is -3.99. The van der Waals surface area contributed by atoms with Gasteiger partial charge in [-0.2, -0.15) is 0 Å². The van der Waals surface area contributed by atoms with Crippen LogP contribution in [0.5, 0.6) is 0 Å². The lowest BCUT2D eigenvalue weighted by molar-refractivity contribution is 0.0697. The first-order valence-corrected chi connectivity index (χ1v) is 11.4. The van der Waals surface area contributed by atoms with Gasteiger partial charge in [0.25, 0.3) is 10.0 Å².